The van der Waals surface area contributed by atoms with Crippen molar-refractivity contribution in [1.29, 1.82) is 0 Å². The normalized spacial score (nSPS) is 21.2. The van der Waals surface area contributed by atoms with Gasteiger partial charge in [-0.25, -0.2) is 4.39 Å². The minimum Gasteiger partial charge on any atom is -0.339 e. The van der Waals surface area contributed by atoms with E-state index in [2.05, 4.69) is 11.5 Å². The van der Waals surface area contributed by atoms with Gasteiger partial charge in [0.05, 0.1) is 0 Å². The van der Waals surface area contributed by atoms with Crippen molar-refractivity contribution in [2.75, 3.05) is 26.2 Å². The van der Waals surface area contributed by atoms with Crippen LogP contribution in [0.1, 0.15) is 36.0 Å². The third-order valence-corrected chi connectivity index (χ3v) is 5.14. The molecule has 0 aliphatic carbocycles. The number of carbonyl (C=O) groups is 1. The van der Waals surface area contributed by atoms with Gasteiger partial charge < -0.3 is 4.90 Å². The van der Waals surface area contributed by atoms with Crippen molar-refractivity contribution in [1.82, 2.24) is 9.80 Å². The predicted octanol–water partition coefficient (Wildman–Crippen LogP) is 3.08. The first kappa shape index (κ1) is 15.2. The van der Waals surface area contributed by atoms with Crippen molar-refractivity contribution in [3.05, 3.63) is 48.3 Å². The molecule has 118 valence electrons. The fourth-order valence-corrected chi connectivity index (χ4v) is 3.93. The number of halogens is 1. The molecule has 3 rings (SSSR count). The first-order chi connectivity index (χ1) is 10.6. The second kappa shape index (κ2) is 6.21. The second-order valence-electron chi connectivity index (χ2n) is 6.37. The highest BCUT2D eigenvalue weighted by Crippen LogP contribution is 2.38. The highest BCUT2D eigenvalue weighted by atomic mass is 19.1. The molecule has 0 aromatic heterocycles. The van der Waals surface area contributed by atoms with Gasteiger partial charge in [-0.3, -0.25) is 9.69 Å². The molecule has 0 radical (unpaired) electrons. The summed E-state index contributed by atoms with van der Waals surface area (Å²) < 4.78 is 13.3. The summed E-state index contributed by atoms with van der Waals surface area (Å²) in [5.41, 5.74) is 0.692. The Balaban J connectivity index is 1.66. The molecule has 2 aliphatic rings. The molecular weight excluding hydrogens is 279 g/mol. The number of hydrogen-bond donors (Lipinski definition) is 0. The van der Waals surface area contributed by atoms with Crippen LogP contribution in [0.25, 0.3) is 0 Å². The van der Waals surface area contributed by atoms with Gasteiger partial charge in [-0.15, -0.1) is 6.58 Å². The Labute approximate surface area is 131 Å². The SMILES string of the molecule is C=CCN1CCCC12CCN(C(=O)c1cccc(F)c1)CC2. The van der Waals surface area contributed by atoms with Crippen LogP contribution in [-0.4, -0.2) is 47.4 Å². The van der Waals surface area contributed by atoms with Crippen LogP contribution in [0.2, 0.25) is 0 Å². The number of benzene rings is 1. The van der Waals surface area contributed by atoms with Crippen LogP contribution in [-0.2, 0) is 0 Å². The van der Waals surface area contributed by atoms with Gasteiger partial charge in [-0.2, -0.15) is 0 Å². The molecule has 2 saturated heterocycles. The molecule has 3 nitrogen and oxygen atoms in total. The van der Waals surface area contributed by atoms with Gasteiger partial charge in [-0.05, 0) is 50.4 Å². The summed E-state index contributed by atoms with van der Waals surface area (Å²) in [7, 11) is 0. The van der Waals surface area contributed by atoms with Gasteiger partial charge >= 0.3 is 0 Å². The molecule has 1 aromatic carbocycles. The zero-order chi connectivity index (χ0) is 15.6. The van der Waals surface area contributed by atoms with E-state index in [0.717, 1.165) is 39.0 Å². The molecule has 2 aliphatic heterocycles. The molecule has 0 bridgehead atoms. The standard InChI is InChI=1S/C18H23FN2O/c1-2-10-21-11-4-7-18(21)8-12-20(13-9-18)17(22)15-5-3-6-16(19)14-15/h2-3,5-6,14H,1,4,7-13H2. The Hall–Kier alpha value is -1.68. The lowest BCUT2D eigenvalue weighted by molar-refractivity contribution is 0.0451. The first-order valence-electron chi connectivity index (χ1n) is 8.05. The summed E-state index contributed by atoms with van der Waals surface area (Å²) in [5.74, 6) is -0.408. The van der Waals surface area contributed by atoms with Crippen LogP contribution < -0.4 is 0 Å². The molecule has 2 heterocycles. The van der Waals surface area contributed by atoms with E-state index < -0.39 is 0 Å². The number of hydrogen-bond acceptors (Lipinski definition) is 2. The van der Waals surface area contributed by atoms with E-state index in [1.807, 2.05) is 11.0 Å². The van der Waals surface area contributed by atoms with Crippen molar-refractivity contribution < 1.29 is 9.18 Å². The average molecular weight is 302 g/mol. The molecule has 0 unspecified atom stereocenters. The summed E-state index contributed by atoms with van der Waals surface area (Å²) in [6, 6.07) is 5.98. The number of amides is 1. The fraction of sp³-hybridized carbons (Fsp3) is 0.500. The molecule has 22 heavy (non-hydrogen) atoms. The Bertz CT molecular complexity index is 564. The maximum atomic E-state index is 13.3. The monoisotopic (exact) mass is 302 g/mol. The number of rotatable bonds is 3. The number of likely N-dealkylation sites (tertiary alicyclic amines) is 2. The summed E-state index contributed by atoms with van der Waals surface area (Å²) in [4.78, 5) is 16.9. The highest BCUT2D eigenvalue weighted by Gasteiger charge is 2.43. The van der Waals surface area contributed by atoms with Crippen molar-refractivity contribution in [3.8, 4) is 0 Å². The quantitative estimate of drug-likeness (QED) is 0.801. The van der Waals surface area contributed by atoms with Crippen molar-refractivity contribution in [2.45, 2.75) is 31.2 Å². The van der Waals surface area contributed by atoms with Crippen LogP contribution in [0.3, 0.4) is 0 Å². The van der Waals surface area contributed by atoms with E-state index >= 15 is 0 Å². The molecule has 1 amide bonds. The number of carbonyl (C=O) groups excluding carboxylic acids is 1. The van der Waals surface area contributed by atoms with Crippen molar-refractivity contribution >= 4 is 5.91 Å². The third kappa shape index (κ3) is 2.80. The third-order valence-electron chi connectivity index (χ3n) is 5.14. The zero-order valence-corrected chi connectivity index (χ0v) is 12.9. The lowest BCUT2D eigenvalue weighted by Crippen LogP contribution is -2.53. The van der Waals surface area contributed by atoms with Gasteiger partial charge in [0.25, 0.3) is 5.91 Å². The molecule has 1 spiro atoms. The van der Waals surface area contributed by atoms with Crippen molar-refractivity contribution in [2.24, 2.45) is 0 Å². The topological polar surface area (TPSA) is 23.6 Å². The fourth-order valence-electron chi connectivity index (χ4n) is 3.93. The van der Waals surface area contributed by atoms with E-state index in [9.17, 15) is 9.18 Å². The zero-order valence-electron chi connectivity index (χ0n) is 12.9. The number of piperidine rings is 1. The van der Waals surface area contributed by atoms with E-state index in [0.29, 0.717) is 5.56 Å². The Morgan fingerprint density at radius 3 is 2.73 bits per heavy atom. The summed E-state index contributed by atoms with van der Waals surface area (Å²) >= 11 is 0. The lowest BCUT2D eigenvalue weighted by Gasteiger charge is -2.45. The average Bonchev–Trinajstić information content (AvgIpc) is 2.90. The molecule has 0 N–H and O–H groups in total. The maximum absolute atomic E-state index is 13.3. The first-order valence-corrected chi connectivity index (χ1v) is 8.05. The molecule has 4 heteroatoms. The molecule has 1 aromatic rings. The van der Waals surface area contributed by atoms with Crippen LogP contribution in [0, 0.1) is 5.82 Å². The lowest BCUT2D eigenvalue weighted by atomic mass is 9.84. The minimum absolute atomic E-state index is 0.0531. The van der Waals surface area contributed by atoms with E-state index in [-0.39, 0.29) is 17.3 Å². The van der Waals surface area contributed by atoms with Gasteiger partial charge in [0.2, 0.25) is 0 Å². The van der Waals surface area contributed by atoms with Gasteiger partial charge in [0, 0.05) is 30.7 Å². The molecule has 2 fully saturated rings. The van der Waals surface area contributed by atoms with E-state index in [1.165, 1.54) is 25.0 Å². The predicted molar refractivity (Wildman–Crippen MR) is 85.3 cm³/mol. The van der Waals surface area contributed by atoms with Gasteiger partial charge in [0.15, 0.2) is 0 Å². The number of nitrogens with zero attached hydrogens (tertiary/aromatic N) is 2. The van der Waals surface area contributed by atoms with Gasteiger partial charge in [0.1, 0.15) is 5.82 Å². The van der Waals surface area contributed by atoms with Crippen LogP contribution in [0.15, 0.2) is 36.9 Å². The Morgan fingerprint density at radius 1 is 1.27 bits per heavy atom. The van der Waals surface area contributed by atoms with E-state index in [1.54, 1.807) is 12.1 Å². The van der Waals surface area contributed by atoms with Crippen LogP contribution in [0.5, 0.6) is 0 Å². The van der Waals surface area contributed by atoms with E-state index in [4.69, 9.17) is 0 Å². The molecule has 0 saturated carbocycles. The molecular formula is C18H23FN2O. The summed E-state index contributed by atoms with van der Waals surface area (Å²) in [6.45, 7) is 7.41. The smallest absolute Gasteiger partial charge is 0.253 e. The summed E-state index contributed by atoms with van der Waals surface area (Å²) in [6.07, 6.45) is 6.41. The minimum atomic E-state index is -0.354. The highest BCUT2D eigenvalue weighted by molar-refractivity contribution is 5.94. The van der Waals surface area contributed by atoms with Crippen LogP contribution in [0.4, 0.5) is 4.39 Å². The van der Waals surface area contributed by atoms with Gasteiger partial charge in [-0.1, -0.05) is 12.1 Å². The Kier molecular flexibility index (Phi) is 4.30. The maximum Gasteiger partial charge on any atom is 0.253 e. The largest absolute Gasteiger partial charge is 0.339 e. The second-order valence-corrected chi connectivity index (χ2v) is 6.37. The molecule has 0 atom stereocenters. The van der Waals surface area contributed by atoms with Crippen molar-refractivity contribution in [3.63, 3.8) is 0 Å². The Morgan fingerprint density at radius 2 is 2.05 bits per heavy atom. The summed E-state index contributed by atoms with van der Waals surface area (Å²) in [5, 5.41) is 0. The van der Waals surface area contributed by atoms with Crippen LogP contribution >= 0.6 is 0 Å².